The molecule has 2 rings (SSSR count). The van der Waals surface area contributed by atoms with Crippen LogP contribution in [0, 0.1) is 13.8 Å². The van der Waals surface area contributed by atoms with Gasteiger partial charge in [0.25, 0.3) is 0 Å². The Morgan fingerprint density at radius 2 is 1.89 bits per heavy atom. The van der Waals surface area contributed by atoms with E-state index >= 15 is 0 Å². The number of nitrogens with one attached hydrogen (secondary N) is 1. The number of aromatic hydroxyl groups is 1. The predicted octanol–water partition coefficient (Wildman–Crippen LogP) is 1.28. The Kier molecular flexibility index (Phi) is 4.39. The van der Waals surface area contributed by atoms with E-state index in [1.54, 1.807) is 12.1 Å². The van der Waals surface area contributed by atoms with Crippen LogP contribution in [0.25, 0.3) is 0 Å². The Bertz CT molecular complexity index is 445. The van der Waals surface area contributed by atoms with Crippen LogP contribution in [0.15, 0.2) is 12.1 Å². The average Bonchev–Trinajstić information content (AvgIpc) is 2.35. The van der Waals surface area contributed by atoms with Crippen molar-refractivity contribution in [2.24, 2.45) is 0 Å². The molecule has 1 aromatic rings. The van der Waals surface area contributed by atoms with Crippen molar-refractivity contribution in [3.63, 3.8) is 0 Å². The van der Waals surface area contributed by atoms with Crippen LogP contribution in [-0.4, -0.2) is 48.8 Å². The van der Waals surface area contributed by atoms with Crippen LogP contribution in [0.1, 0.15) is 11.1 Å². The lowest BCUT2D eigenvalue weighted by atomic mass is 10.1. The van der Waals surface area contributed by atoms with E-state index in [9.17, 15) is 9.90 Å². The van der Waals surface area contributed by atoms with E-state index in [0.717, 1.165) is 29.9 Å². The summed E-state index contributed by atoms with van der Waals surface area (Å²) in [6, 6.07) is 3.30. The smallest absolute Gasteiger partial charge is 0.238 e. The lowest BCUT2D eigenvalue weighted by Gasteiger charge is -2.26. The van der Waals surface area contributed by atoms with Gasteiger partial charge in [-0.3, -0.25) is 9.69 Å². The second kappa shape index (κ2) is 6.04. The summed E-state index contributed by atoms with van der Waals surface area (Å²) < 4.78 is 5.25. The van der Waals surface area contributed by atoms with Crippen molar-refractivity contribution in [1.82, 2.24) is 4.90 Å². The Morgan fingerprint density at radius 3 is 2.47 bits per heavy atom. The molecule has 1 heterocycles. The summed E-state index contributed by atoms with van der Waals surface area (Å²) >= 11 is 0. The van der Waals surface area contributed by atoms with Crippen LogP contribution < -0.4 is 5.32 Å². The standard InChI is InChI=1S/C14H20N2O3/c1-10-7-12(17)8-11(2)14(10)15-13(18)9-16-3-5-19-6-4-16/h7-8,17H,3-6,9H2,1-2H3,(H,15,18). The number of phenols is 1. The number of morpholine rings is 1. The number of anilines is 1. The number of aryl methyl sites for hydroxylation is 2. The van der Waals surface area contributed by atoms with E-state index in [1.165, 1.54) is 0 Å². The molecule has 19 heavy (non-hydrogen) atoms. The van der Waals surface area contributed by atoms with Crippen molar-refractivity contribution in [2.45, 2.75) is 13.8 Å². The first-order chi connectivity index (χ1) is 9.06. The van der Waals surface area contributed by atoms with Crippen molar-refractivity contribution in [3.8, 4) is 5.75 Å². The molecule has 1 saturated heterocycles. The van der Waals surface area contributed by atoms with Crippen LogP contribution in [0.3, 0.4) is 0 Å². The average molecular weight is 264 g/mol. The third kappa shape index (κ3) is 3.68. The molecule has 104 valence electrons. The molecule has 0 aliphatic carbocycles. The summed E-state index contributed by atoms with van der Waals surface area (Å²) in [7, 11) is 0. The number of rotatable bonds is 3. The van der Waals surface area contributed by atoms with Crippen LogP contribution in [0.2, 0.25) is 0 Å². The minimum absolute atomic E-state index is 0.0289. The normalized spacial score (nSPS) is 16.3. The summed E-state index contributed by atoms with van der Waals surface area (Å²) in [6.07, 6.45) is 0. The highest BCUT2D eigenvalue weighted by Crippen LogP contribution is 2.25. The van der Waals surface area contributed by atoms with Gasteiger partial charge >= 0.3 is 0 Å². The molecule has 1 amide bonds. The van der Waals surface area contributed by atoms with Gasteiger partial charge in [-0.25, -0.2) is 0 Å². The number of phenolic OH excluding ortho intramolecular Hbond substituents is 1. The van der Waals surface area contributed by atoms with E-state index in [4.69, 9.17) is 4.74 Å². The topological polar surface area (TPSA) is 61.8 Å². The first-order valence-electron chi connectivity index (χ1n) is 6.46. The number of benzene rings is 1. The van der Waals surface area contributed by atoms with Crippen LogP contribution >= 0.6 is 0 Å². The van der Waals surface area contributed by atoms with Gasteiger partial charge in [0.05, 0.1) is 19.8 Å². The van der Waals surface area contributed by atoms with Crippen LogP contribution in [0.4, 0.5) is 5.69 Å². The van der Waals surface area contributed by atoms with E-state index in [1.807, 2.05) is 13.8 Å². The van der Waals surface area contributed by atoms with E-state index in [2.05, 4.69) is 10.2 Å². The molecule has 0 saturated carbocycles. The van der Waals surface area contributed by atoms with E-state index in [0.29, 0.717) is 19.8 Å². The third-order valence-corrected chi connectivity index (χ3v) is 3.25. The molecular formula is C14H20N2O3. The molecule has 5 nitrogen and oxygen atoms in total. The molecule has 0 spiro atoms. The summed E-state index contributed by atoms with van der Waals surface area (Å²) in [5.41, 5.74) is 2.52. The number of hydrogen-bond acceptors (Lipinski definition) is 4. The lowest BCUT2D eigenvalue weighted by Crippen LogP contribution is -2.41. The van der Waals surface area contributed by atoms with Gasteiger partial charge in [-0.1, -0.05) is 0 Å². The maximum Gasteiger partial charge on any atom is 0.238 e. The molecule has 1 aliphatic heterocycles. The second-order valence-corrected chi connectivity index (χ2v) is 4.89. The van der Waals surface area contributed by atoms with Crippen molar-refractivity contribution in [3.05, 3.63) is 23.3 Å². The fourth-order valence-corrected chi connectivity index (χ4v) is 2.28. The molecule has 2 N–H and O–H groups in total. The Labute approximate surface area is 113 Å². The Balaban J connectivity index is 1.98. The van der Waals surface area contributed by atoms with Gasteiger partial charge in [0.2, 0.25) is 5.91 Å². The first kappa shape index (κ1) is 13.8. The third-order valence-electron chi connectivity index (χ3n) is 3.25. The minimum atomic E-state index is -0.0289. The molecule has 0 atom stereocenters. The van der Waals surface area contributed by atoms with Gasteiger partial charge in [-0.2, -0.15) is 0 Å². The van der Waals surface area contributed by atoms with Crippen LogP contribution in [0.5, 0.6) is 5.75 Å². The molecule has 0 radical (unpaired) electrons. The summed E-state index contributed by atoms with van der Waals surface area (Å²) in [5.74, 6) is 0.194. The highest BCUT2D eigenvalue weighted by Gasteiger charge is 2.15. The number of carbonyl (C=O) groups excluding carboxylic acids is 1. The van der Waals surface area contributed by atoms with Crippen molar-refractivity contribution in [2.75, 3.05) is 38.2 Å². The van der Waals surface area contributed by atoms with Crippen molar-refractivity contribution >= 4 is 11.6 Å². The predicted molar refractivity (Wildman–Crippen MR) is 73.5 cm³/mol. The van der Waals surface area contributed by atoms with Gasteiger partial charge < -0.3 is 15.2 Å². The fourth-order valence-electron chi connectivity index (χ4n) is 2.28. The Hall–Kier alpha value is -1.59. The van der Waals surface area contributed by atoms with E-state index < -0.39 is 0 Å². The molecule has 5 heteroatoms. The first-order valence-corrected chi connectivity index (χ1v) is 6.46. The van der Waals surface area contributed by atoms with Gasteiger partial charge in [-0.05, 0) is 37.1 Å². The van der Waals surface area contributed by atoms with Crippen molar-refractivity contribution in [1.29, 1.82) is 0 Å². The van der Waals surface area contributed by atoms with Gasteiger partial charge in [0, 0.05) is 18.8 Å². The molecular weight excluding hydrogens is 244 g/mol. The largest absolute Gasteiger partial charge is 0.508 e. The van der Waals surface area contributed by atoms with Crippen LogP contribution in [-0.2, 0) is 9.53 Å². The van der Waals surface area contributed by atoms with Gasteiger partial charge in [0.1, 0.15) is 5.75 Å². The molecule has 0 unspecified atom stereocenters. The van der Waals surface area contributed by atoms with Gasteiger partial charge in [-0.15, -0.1) is 0 Å². The second-order valence-electron chi connectivity index (χ2n) is 4.89. The number of carbonyl (C=O) groups is 1. The summed E-state index contributed by atoms with van der Waals surface area (Å²) in [5, 5.41) is 12.4. The molecule has 0 bridgehead atoms. The molecule has 1 aromatic carbocycles. The number of hydrogen-bond donors (Lipinski definition) is 2. The highest BCUT2D eigenvalue weighted by atomic mass is 16.5. The lowest BCUT2D eigenvalue weighted by molar-refractivity contribution is -0.118. The zero-order valence-corrected chi connectivity index (χ0v) is 11.4. The highest BCUT2D eigenvalue weighted by molar-refractivity contribution is 5.93. The quantitative estimate of drug-likeness (QED) is 0.807. The summed E-state index contributed by atoms with van der Waals surface area (Å²) in [4.78, 5) is 14.1. The van der Waals surface area contributed by atoms with Crippen molar-refractivity contribution < 1.29 is 14.6 Å². The SMILES string of the molecule is Cc1cc(O)cc(C)c1NC(=O)CN1CCOCC1. The molecule has 1 fully saturated rings. The van der Waals surface area contributed by atoms with Gasteiger partial charge in [0.15, 0.2) is 0 Å². The molecule has 0 aromatic heterocycles. The zero-order chi connectivity index (χ0) is 13.8. The monoisotopic (exact) mass is 264 g/mol. The minimum Gasteiger partial charge on any atom is -0.508 e. The Morgan fingerprint density at radius 1 is 1.32 bits per heavy atom. The number of amides is 1. The summed E-state index contributed by atoms with van der Waals surface area (Å²) in [6.45, 7) is 7.08. The molecule has 1 aliphatic rings. The number of ether oxygens (including phenoxy) is 1. The maximum atomic E-state index is 12.0. The maximum absolute atomic E-state index is 12.0. The number of nitrogens with zero attached hydrogens (tertiary/aromatic N) is 1. The zero-order valence-electron chi connectivity index (χ0n) is 11.4. The fraction of sp³-hybridized carbons (Fsp3) is 0.500. The van der Waals surface area contributed by atoms with E-state index in [-0.39, 0.29) is 11.7 Å².